The van der Waals surface area contributed by atoms with Crippen LogP contribution in [0, 0.1) is 5.82 Å². The molecule has 3 nitrogen and oxygen atoms in total. The van der Waals surface area contributed by atoms with E-state index in [4.69, 9.17) is 17.3 Å². The minimum absolute atomic E-state index is 0. The van der Waals surface area contributed by atoms with Gasteiger partial charge in [0.25, 0.3) is 0 Å². The number of thioether (sulfide) groups is 1. The topological polar surface area (TPSA) is 41.6 Å². The first kappa shape index (κ1) is 18.1. The van der Waals surface area contributed by atoms with Crippen LogP contribution in [0.2, 0.25) is 5.02 Å². The van der Waals surface area contributed by atoms with Crippen molar-refractivity contribution in [2.24, 2.45) is 10.7 Å². The Labute approximate surface area is 156 Å². The van der Waals surface area contributed by atoms with Crippen LogP contribution in [0.25, 0.3) is 0 Å². The number of nitrogens with zero attached hydrogens (tertiary/aromatic N) is 2. The van der Waals surface area contributed by atoms with E-state index in [2.05, 4.69) is 9.89 Å². The molecule has 0 atom stereocenters. The number of hydrogen-bond donors (Lipinski definition) is 1. The predicted molar refractivity (Wildman–Crippen MR) is 103 cm³/mol. The molecule has 2 aliphatic rings. The third-order valence-electron chi connectivity index (χ3n) is 4.18. The van der Waals surface area contributed by atoms with Gasteiger partial charge in [0.05, 0.1) is 11.1 Å². The maximum atomic E-state index is 13.2. The van der Waals surface area contributed by atoms with E-state index in [0.717, 1.165) is 43.0 Å². The van der Waals surface area contributed by atoms with Crippen molar-refractivity contribution in [1.82, 2.24) is 4.90 Å². The van der Waals surface area contributed by atoms with E-state index in [1.54, 1.807) is 6.07 Å². The van der Waals surface area contributed by atoms with Gasteiger partial charge < -0.3 is 10.6 Å². The molecule has 0 unspecified atom stereocenters. The highest BCUT2D eigenvalue weighted by Gasteiger charge is 2.31. The van der Waals surface area contributed by atoms with E-state index in [0.29, 0.717) is 11.9 Å². The normalized spacial score (nSPS) is 25.4. The number of benzene rings is 1. The van der Waals surface area contributed by atoms with Gasteiger partial charge in [-0.15, -0.1) is 24.0 Å². The average Bonchev–Trinajstić information content (AvgIpc) is 2.46. The molecule has 0 radical (unpaired) electrons. The quantitative estimate of drug-likeness (QED) is 0.420. The molecular weight excluding hydrogens is 436 g/mol. The zero-order valence-corrected chi connectivity index (χ0v) is 16.1. The Balaban J connectivity index is 0.00000176. The third kappa shape index (κ3) is 4.20. The highest BCUT2D eigenvalue weighted by Crippen LogP contribution is 2.39. The standard InChI is InChI=1S/C15H19ClFN3S.HI/c16-13-9-10(1-2-14(13)17)11-7-12(8-11)19-15(18)20-3-5-21-6-4-20;/h1-2,9,11-12H,3-8H2,(H2,18,19);1H. The summed E-state index contributed by atoms with van der Waals surface area (Å²) in [4.78, 5) is 6.79. The number of hydrogen-bond acceptors (Lipinski definition) is 2. The molecule has 22 heavy (non-hydrogen) atoms. The van der Waals surface area contributed by atoms with Crippen molar-refractivity contribution >= 4 is 53.3 Å². The molecule has 0 spiro atoms. The lowest BCUT2D eigenvalue weighted by Crippen LogP contribution is -2.44. The summed E-state index contributed by atoms with van der Waals surface area (Å²) >= 11 is 7.79. The SMILES string of the molecule is I.NC(=NC1CC(c2ccc(F)c(Cl)c2)C1)N1CCSCC1. The number of aliphatic imine (C=N–C) groups is 1. The number of nitrogens with two attached hydrogens (primary N) is 1. The Morgan fingerprint density at radius 1 is 1.32 bits per heavy atom. The van der Waals surface area contributed by atoms with Gasteiger partial charge >= 0.3 is 0 Å². The van der Waals surface area contributed by atoms with E-state index in [1.807, 2.05) is 17.8 Å². The van der Waals surface area contributed by atoms with Gasteiger partial charge in [0.15, 0.2) is 5.96 Å². The molecule has 1 saturated carbocycles. The fourth-order valence-electron chi connectivity index (χ4n) is 2.79. The molecule has 122 valence electrons. The molecule has 2 N–H and O–H groups in total. The lowest BCUT2D eigenvalue weighted by molar-refractivity contribution is 0.345. The first-order valence-electron chi connectivity index (χ1n) is 7.24. The molecule has 1 aromatic carbocycles. The largest absolute Gasteiger partial charge is 0.370 e. The first-order valence-corrected chi connectivity index (χ1v) is 8.77. The zero-order valence-electron chi connectivity index (χ0n) is 12.2. The van der Waals surface area contributed by atoms with Crippen molar-refractivity contribution in [3.05, 3.63) is 34.6 Å². The van der Waals surface area contributed by atoms with Gasteiger partial charge in [0.1, 0.15) is 5.82 Å². The molecule has 1 heterocycles. The van der Waals surface area contributed by atoms with E-state index in [9.17, 15) is 4.39 Å². The molecule has 0 aromatic heterocycles. The van der Waals surface area contributed by atoms with Crippen molar-refractivity contribution in [3.8, 4) is 0 Å². The van der Waals surface area contributed by atoms with Crippen LogP contribution in [0.4, 0.5) is 4.39 Å². The lowest BCUT2D eigenvalue weighted by atomic mass is 9.76. The van der Waals surface area contributed by atoms with Crippen LogP contribution >= 0.6 is 47.3 Å². The van der Waals surface area contributed by atoms with Crippen molar-refractivity contribution in [3.63, 3.8) is 0 Å². The summed E-state index contributed by atoms with van der Waals surface area (Å²) in [7, 11) is 0. The Kier molecular flexibility index (Phi) is 6.64. The molecule has 0 bridgehead atoms. The van der Waals surface area contributed by atoms with Crippen LogP contribution in [-0.2, 0) is 0 Å². The third-order valence-corrected chi connectivity index (χ3v) is 5.41. The number of rotatable bonds is 2. The summed E-state index contributed by atoms with van der Waals surface area (Å²) in [5, 5.41) is 0.199. The van der Waals surface area contributed by atoms with Crippen LogP contribution in [0.1, 0.15) is 24.3 Å². The first-order chi connectivity index (χ1) is 10.1. The van der Waals surface area contributed by atoms with Crippen molar-refractivity contribution in [2.75, 3.05) is 24.6 Å². The molecular formula is C15H20ClFIN3S. The van der Waals surface area contributed by atoms with E-state index in [-0.39, 0.29) is 40.9 Å². The van der Waals surface area contributed by atoms with E-state index >= 15 is 0 Å². The predicted octanol–water partition coefficient (Wildman–Crippen LogP) is 3.71. The molecule has 0 amide bonds. The van der Waals surface area contributed by atoms with Gasteiger partial charge in [-0.25, -0.2) is 9.38 Å². The van der Waals surface area contributed by atoms with E-state index in [1.165, 1.54) is 6.07 Å². The number of guanidine groups is 1. The number of halogens is 3. The Morgan fingerprint density at radius 2 is 2.00 bits per heavy atom. The van der Waals surface area contributed by atoms with Crippen LogP contribution < -0.4 is 5.73 Å². The van der Waals surface area contributed by atoms with Gasteiger partial charge in [0, 0.05) is 24.6 Å². The zero-order chi connectivity index (χ0) is 14.8. The van der Waals surface area contributed by atoms with Gasteiger partial charge in [-0.3, -0.25) is 0 Å². The Hall–Kier alpha value is -0.210. The molecule has 2 fully saturated rings. The van der Waals surface area contributed by atoms with Gasteiger partial charge in [0.2, 0.25) is 0 Å². The van der Waals surface area contributed by atoms with Crippen LogP contribution in [0.5, 0.6) is 0 Å². The van der Waals surface area contributed by atoms with Crippen molar-refractivity contribution < 1.29 is 4.39 Å². The lowest BCUT2D eigenvalue weighted by Gasteiger charge is -2.35. The molecule has 1 aromatic rings. The van der Waals surface area contributed by atoms with Gasteiger partial charge in [-0.2, -0.15) is 11.8 Å². The summed E-state index contributed by atoms with van der Waals surface area (Å²) in [6, 6.07) is 5.27. The Morgan fingerprint density at radius 3 is 2.64 bits per heavy atom. The summed E-state index contributed by atoms with van der Waals surface area (Å²) in [5.74, 6) is 2.98. The molecule has 1 saturated heterocycles. The molecule has 1 aliphatic heterocycles. The molecule has 1 aliphatic carbocycles. The highest BCUT2D eigenvalue weighted by molar-refractivity contribution is 14.0. The highest BCUT2D eigenvalue weighted by atomic mass is 127. The minimum Gasteiger partial charge on any atom is -0.370 e. The van der Waals surface area contributed by atoms with Crippen molar-refractivity contribution in [2.45, 2.75) is 24.8 Å². The van der Waals surface area contributed by atoms with E-state index < -0.39 is 0 Å². The van der Waals surface area contributed by atoms with Crippen LogP contribution in [-0.4, -0.2) is 41.5 Å². The summed E-state index contributed by atoms with van der Waals surface area (Å²) in [6.45, 7) is 1.98. The molecule has 3 rings (SSSR count). The second-order valence-electron chi connectivity index (χ2n) is 5.58. The van der Waals surface area contributed by atoms with Gasteiger partial charge in [-0.1, -0.05) is 17.7 Å². The summed E-state index contributed by atoms with van der Waals surface area (Å²) < 4.78 is 13.2. The van der Waals surface area contributed by atoms with Crippen LogP contribution in [0.15, 0.2) is 23.2 Å². The minimum atomic E-state index is -0.360. The average molecular weight is 456 g/mol. The van der Waals surface area contributed by atoms with Crippen molar-refractivity contribution in [1.29, 1.82) is 0 Å². The summed E-state index contributed by atoms with van der Waals surface area (Å²) in [6.07, 6.45) is 1.93. The second-order valence-corrected chi connectivity index (χ2v) is 7.21. The monoisotopic (exact) mass is 455 g/mol. The fraction of sp³-hybridized carbons (Fsp3) is 0.533. The smallest absolute Gasteiger partial charge is 0.191 e. The maximum Gasteiger partial charge on any atom is 0.191 e. The molecule has 7 heteroatoms. The summed E-state index contributed by atoms with van der Waals surface area (Å²) in [5.41, 5.74) is 7.18. The van der Waals surface area contributed by atoms with Crippen LogP contribution in [0.3, 0.4) is 0 Å². The second kappa shape index (κ2) is 8.06. The maximum absolute atomic E-state index is 13.2. The Bertz CT molecular complexity index is 546. The fourth-order valence-corrected chi connectivity index (χ4v) is 3.88. The van der Waals surface area contributed by atoms with Gasteiger partial charge in [-0.05, 0) is 36.5 Å².